The van der Waals surface area contributed by atoms with Gasteiger partial charge >= 0.3 is 0 Å². The van der Waals surface area contributed by atoms with Crippen LogP contribution in [0.25, 0.3) is 5.65 Å². The van der Waals surface area contributed by atoms with Crippen LogP contribution in [-0.4, -0.2) is 50.7 Å². The first-order chi connectivity index (χ1) is 14.3. The smallest absolute Gasteiger partial charge is 0.262 e. The number of piperidine rings is 1. The van der Waals surface area contributed by atoms with Gasteiger partial charge in [-0.2, -0.15) is 4.31 Å². The van der Waals surface area contributed by atoms with Gasteiger partial charge in [-0.1, -0.05) is 6.07 Å². The molecule has 0 bridgehead atoms. The van der Waals surface area contributed by atoms with Gasteiger partial charge in [0.25, 0.3) is 10.0 Å². The SMILES string of the molecule is Cc1nc(S(=O)(=O)N2CCC(C(=O)NCc3cn4c(C)cccc4n3)CC2)cn1C. The summed E-state index contributed by atoms with van der Waals surface area (Å²) in [5.74, 6) is 0.375. The Bertz CT molecular complexity index is 1170. The molecular formula is C20H26N6O3S. The molecule has 3 aromatic rings. The summed E-state index contributed by atoms with van der Waals surface area (Å²) in [7, 11) is -1.86. The first-order valence-corrected chi connectivity index (χ1v) is 11.4. The summed E-state index contributed by atoms with van der Waals surface area (Å²) in [4.78, 5) is 21.3. The molecule has 1 aliphatic rings. The van der Waals surface area contributed by atoms with E-state index in [1.165, 1.54) is 10.5 Å². The monoisotopic (exact) mass is 430 g/mol. The predicted octanol–water partition coefficient (Wildman–Crippen LogP) is 1.40. The second-order valence-electron chi connectivity index (χ2n) is 7.76. The van der Waals surface area contributed by atoms with Crippen LogP contribution in [0.4, 0.5) is 0 Å². The number of rotatable bonds is 5. The molecular weight excluding hydrogens is 404 g/mol. The van der Waals surface area contributed by atoms with Crippen molar-refractivity contribution in [2.24, 2.45) is 13.0 Å². The maximum atomic E-state index is 12.8. The Kier molecular flexibility index (Phi) is 5.37. The summed E-state index contributed by atoms with van der Waals surface area (Å²) in [5, 5.41) is 3.01. The number of imidazole rings is 2. The Morgan fingerprint density at radius 1 is 1.17 bits per heavy atom. The number of aryl methyl sites for hydroxylation is 3. The molecule has 0 spiro atoms. The predicted molar refractivity (Wildman–Crippen MR) is 111 cm³/mol. The van der Waals surface area contributed by atoms with Crippen LogP contribution < -0.4 is 5.32 Å². The Morgan fingerprint density at radius 2 is 1.90 bits per heavy atom. The minimum Gasteiger partial charge on any atom is -0.350 e. The summed E-state index contributed by atoms with van der Waals surface area (Å²) >= 11 is 0. The summed E-state index contributed by atoms with van der Waals surface area (Å²) in [6.45, 7) is 4.74. The van der Waals surface area contributed by atoms with E-state index < -0.39 is 10.0 Å². The number of sulfonamides is 1. The van der Waals surface area contributed by atoms with Gasteiger partial charge in [-0.05, 0) is 38.8 Å². The summed E-state index contributed by atoms with van der Waals surface area (Å²) in [6, 6.07) is 5.89. The highest BCUT2D eigenvalue weighted by atomic mass is 32.2. The first-order valence-electron chi connectivity index (χ1n) is 9.97. The van der Waals surface area contributed by atoms with Gasteiger partial charge in [0.2, 0.25) is 5.91 Å². The molecule has 30 heavy (non-hydrogen) atoms. The van der Waals surface area contributed by atoms with Crippen LogP contribution in [0, 0.1) is 19.8 Å². The first kappa shape index (κ1) is 20.5. The molecule has 4 rings (SSSR count). The topological polar surface area (TPSA) is 102 Å². The Labute approximate surface area is 175 Å². The standard InChI is InChI=1S/C20H26N6O3S/c1-14-5-4-6-18-23-17(12-26(14)18)11-21-20(27)16-7-9-25(10-8-16)30(28,29)19-13-24(3)15(2)22-19/h4-6,12-13,16H,7-11H2,1-3H3,(H,21,27). The minimum atomic E-state index is -3.63. The number of aromatic nitrogens is 4. The quantitative estimate of drug-likeness (QED) is 0.659. The Balaban J connectivity index is 1.34. The normalized spacial score (nSPS) is 16.2. The molecule has 0 unspecified atom stereocenters. The third-order valence-electron chi connectivity index (χ3n) is 5.70. The van der Waals surface area contributed by atoms with Crippen molar-refractivity contribution in [3.8, 4) is 0 Å². The molecule has 3 aromatic heterocycles. The van der Waals surface area contributed by atoms with Crippen LogP contribution in [0.1, 0.15) is 30.1 Å². The number of carbonyl (C=O) groups is 1. The van der Waals surface area contributed by atoms with E-state index in [-0.39, 0.29) is 16.9 Å². The van der Waals surface area contributed by atoms with Gasteiger partial charge < -0.3 is 14.3 Å². The van der Waals surface area contributed by atoms with Crippen LogP contribution in [0.3, 0.4) is 0 Å². The second kappa shape index (κ2) is 7.84. The molecule has 1 fully saturated rings. The number of amides is 1. The molecule has 1 amide bonds. The molecule has 160 valence electrons. The van der Waals surface area contributed by atoms with Gasteiger partial charge in [-0.3, -0.25) is 4.79 Å². The van der Waals surface area contributed by atoms with Gasteiger partial charge in [0.1, 0.15) is 11.5 Å². The lowest BCUT2D eigenvalue weighted by Crippen LogP contribution is -2.43. The van der Waals surface area contributed by atoms with Crippen LogP contribution >= 0.6 is 0 Å². The van der Waals surface area contributed by atoms with Gasteiger partial charge in [0.15, 0.2) is 5.03 Å². The molecule has 0 radical (unpaired) electrons. The van der Waals surface area contributed by atoms with Crippen molar-refractivity contribution in [3.05, 3.63) is 47.8 Å². The molecule has 4 heterocycles. The van der Waals surface area contributed by atoms with Crippen molar-refractivity contribution in [2.45, 2.75) is 38.3 Å². The molecule has 1 aliphatic heterocycles. The van der Waals surface area contributed by atoms with E-state index in [1.54, 1.807) is 18.5 Å². The Morgan fingerprint density at radius 3 is 2.53 bits per heavy atom. The maximum absolute atomic E-state index is 12.8. The number of nitrogens with one attached hydrogen (secondary N) is 1. The van der Waals surface area contributed by atoms with Crippen molar-refractivity contribution in [3.63, 3.8) is 0 Å². The summed E-state index contributed by atoms with van der Waals surface area (Å²) < 4.78 is 30.7. The van der Waals surface area contributed by atoms with Crippen molar-refractivity contribution in [2.75, 3.05) is 13.1 Å². The van der Waals surface area contributed by atoms with E-state index in [0.717, 1.165) is 17.0 Å². The molecule has 10 heteroatoms. The third kappa shape index (κ3) is 3.84. The second-order valence-corrected chi connectivity index (χ2v) is 9.65. The van der Waals surface area contributed by atoms with Gasteiger partial charge in [-0.15, -0.1) is 0 Å². The Hall–Kier alpha value is -2.72. The molecule has 9 nitrogen and oxygen atoms in total. The number of hydrogen-bond acceptors (Lipinski definition) is 5. The molecule has 1 saturated heterocycles. The highest BCUT2D eigenvalue weighted by molar-refractivity contribution is 7.89. The van der Waals surface area contributed by atoms with E-state index in [4.69, 9.17) is 0 Å². The van der Waals surface area contributed by atoms with Crippen molar-refractivity contribution in [1.29, 1.82) is 0 Å². The zero-order chi connectivity index (χ0) is 21.5. The van der Waals surface area contributed by atoms with Gasteiger partial charge in [0, 0.05) is 44.1 Å². The van der Waals surface area contributed by atoms with Gasteiger partial charge in [-0.25, -0.2) is 18.4 Å². The van der Waals surface area contributed by atoms with E-state index in [9.17, 15) is 13.2 Å². The molecule has 0 atom stereocenters. The lowest BCUT2D eigenvalue weighted by atomic mass is 9.97. The number of fused-ring (bicyclic) bond motifs is 1. The van der Waals surface area contributed by atoms with Crippen LogP contribution in [0.2, 0.25) is 0 Å². The third-order valence-corrected chi connectivity index (χ3v) is 7.48. The zero-order valence-corrected chi connectivity index (χ0v) is 18.2. The number of pyridine rings is 1. The maximum Gasteiger partial charge on any atom is 0.262 e. The van der Waals surface area contributed by atoms with Crippen molar-refractivity contribution >= 4 is 21.6 Å². The fourth-order valence-electron chi connectivity index (χ4n) is 3.75. The average Bonchev–Trinajstić information content (AvgIpc) is 3.30. The van der Waals surface area contributed by atoms with Gasteiger partial charge in [0.05, 0.1) is 12.2 Å². The van der Waals surface area contributed by atoms with Crippen molar-refractivity contribution in [1.82, 2.24) is 28.6 Å². The van der Waals surface area contributed by atoms with Crippen LogP contribution in [0.5, 0.6) is 0 Å². The van der Waals surface area contributed by atoms with Crippen LogP contribution in [0.15, 0.2) is 35.6 Å². The highest BCUT2D eigenvalue weighted by Gasteiger charge is 2.33. The van der Waals surface area contributed by atoms with E-state index in [2.05, 4.69) is 15.3 Å². The van der Waals surface area contributed by atoms with E-state index >= 15 is 0 Å². The lowest BCUT2D eigenvalue weighted by Gasteiger charge is -2.29. The molecule has 0 saturated carbocycles. The number of carbonyl (C=O) groups excluding carboxylic acids is 1. The number of nitrogens with zero attached hydrogens (tertiary/aromatic N) is 5. The fraction of sp³-hybridized carbons (Fsp3) is 0.450. The summed E-state index contributed by atoms with van der Waals surface area (Å²) in [5.41, 5.74) is 2.72. The van der Waals surface area contributed by atoms with E-state index in [1.807, 2.05) is 35.7 Å². The highest BCUT2D eigenvalue weighted by Crippen LogP contribution is 2.23. The van der Waals surface area contributed by atoms with E-state index in [0.29, 0.717) is 38.3 Å². The fourth-order valence-corrected chi connectivity index (χ4v) is 5.24. The molecule has 1 N–H and O–H groups in total. The lowest BCUT2D eigenvalue weighted by molar-refractivity contribution is -0.126. The van der Waals surface area contributed by atoms with Crippen molar-refractivity contribution < 1.29 is 13.2 Å². The largest absolute Gasteiger partial charge is 0.350 e. The molecule has 0 aliphatic carbocycles. The zero-order valence-electron chi connectivity index (χ0n) is 17.4. The average molecular weight is 431 g/mol. The number of hydrogen-bond donors (Lipinski definition) is 1. The van der Waals surface area contributed by atoms with Crippen LogP contribution in [-0.2, 0) is 28.4 Å². The summed E-state index contributed by atoms with van der Waals surface area (Å²) in [6.07, 6.45) is 4.43. The minimum absolute atomic E-state index is 0.0606. The molecule has 0 aromatic carbocycles.